The van der Waals surface area contributed by atoms with E-state index in [1.807, 2.05) is 6.92 Å². The van der Waals surface area contributed by atoms with Crippen molar-refractivity contribution < 1.29 is 19.1 Å². The summed E-state index contributed by atoms with van der Waals surface area (Å²) in [5, 5.41) is 2.83. The number of methoxy groups -OCH3 is 1. The van der Waals surface area contributed by atoms with Crippen LogP contribution < -0.4 is 15.0 Å². The SMILES string of the molecule is COc1cccc(NC(=O)c2cccc(N3C(=O)[C@@H]4[C@H](C3=O)[C@H]3C[C@H]4C=C3C)c2)c1. The number of hydrogen-bond donors (Lipinski definition) is 1. The van der Waals surface area contributed by atoms with Gasteiger partial charge in [-0.2, -0.15) is 0 Å². The van der Waals surface area contributed by atoms with Crippen molar-refractivity contribution in [1.82, 2.24) is 0 Å². The van der Waals surface area contributed by atoms with Crippen LogP contribution in [0.5, 0.6) is 5.75 Å². The molecule has 152 valence electrons. The first-order valence-corrected chi connectivity index (χ1v) is 10.1. The molecule has 0 aromatic heterocycles. The van der Waals surface area contributed by atoms with Crippen LogP contribution in [-0.4, -0.2) is 24.8 Å². The number of nitrogens with zero attached hydrogens (tertiary/aromatic N) is 1. The molecule has 2 bridgehead atoms. The minimum absolute atomic E-state index is 0.143. The molecule has 1 saturated carbocycles. The normalized spacial score (nSPS) is 26.6. The minimum atomic E-state index is -0.318. The number of anilines is 2. The quantitative estimate of drug-likeness (QED) is 0.626. The zero-order chi connectivity index (χ0) is 21.0. The van der Waals surface area contributed by atoms with Crippen molar-refractivity contribution in [1.29, 1.82) is 0 Å². The van der Waals surface area contributed by atoms with E-state index in [1.165, 1.54) is 10.5 Å². The summed E-state index contributed by atoms with van der Waals surface area (Å²) in [4.78, 5) is 40.3. The lowest BCUT2D eigenvalue weighted by molar-refractivity contribution is -0.123. The maximum Gasteiger partial charge on any atom is 0.255 e. The topological polar surface area (TPSA) is 75.7 Å². The molecule has 1 heterocycles. The molecule has 4 atom stereocenters. The molecule has 6 nitrogen and oxygen atoms in total. The standard InChI is InChI=1S/C24H22N2O4/c1-13-9-15-11-19(13)21-20(15)23(28)26(24(21)29)17-7-3-5-14(10-17)22(27)25-16-6-4-8-18(12-16)30-2/h3-10,12,15,19-21H,11H2,1-2H3,(H,25,27)/t15-,19+,20+,21-/m1/s1. The molecule has 2 fully saturated rings. The summed E-state index contributed by atoms with van der Waals surface area (Å²) in [6.07, 6.45) is 3.05. The fourth-order valence-electron chi connectivity index (χ4n) is 5.22. The van der Waals surface area contributed by atoms with Crippen molar-refractivity contribution in [3.63, 3.8) is 0 Å². The van der Waals surface area contributed by atoms with Crippen molar-refractivity contribution in [2.24, 2.45) is 23.7 Å². The smallest absolute Gasteiger partial charge is 0.255 e. The summed E-state index contributed by atoms with van der Waals surface area (Å²) in [6.45, 7) is 2.05. The van der Waals surface area contributed by atoms with Gasteiger partial charge in [-0.05, 0) is 55.5 Å². The first kappa shape index (κ1) is 18.6. The molecule has 1 N–H and O–H groups in total. The number of ether oxygens (including phenoxy) is 1. The molecule has 2 aromatic carbocycles. The highest BCUT2D eigenvalue weighted by Gasteiger charge is 2.60. The molecular weight excluding hydrogens is 380 g/mol. The lowest BCUT2D eigenvalue weighted by Gasteiger charge is -2.19. The monoisotopic (exact) mass is 402 g/mol. The number of hydrogen-bond acceptors (Lipinski definition) is 4. The number of carbonyl (C=O) groups is 3. The van der Waals surface area contributed by atoms with Gasteiger partial charge in [-0.15, -0.1) is 0 Å². The van der Waals surface area contributed by atoms with Gasteiger partial charge >= 0.3 is 0 Å². The number of fused-ring (bicyclic) bond motifs is 5. The van der Waals surface area contributed by atoms with E-state index in [0.29, 0.717) is 22.7 Å². The van der Waals surface area contributed by atoms with Crippen LogP contribution in [0.25, 0.3) is 0 Å². The van der Waals surface area contributed by atoms with Crippen LogP contribution in [0.2, 0.25) is 0 Å². The maximum absolute atomic E-state index is 13.1. The first-order chi connectivity index (χ1) is 14.5. The van der Waals surface area contributed by atoms with Crippen LogP contribution in [0.15, 0.2) is 60.2 Å². The number of amides is 3. The van der Waals surface area contributed by atoms with E-state index < -0.39 is 0 Å². The van der Waals surface area contributed by atoms with Gasteiger partial charge in [0.1, 0.15) is 5.75 Å². The van der Waals surface area contributed by atoms with Gasteiger partial charge in [0.2, 0.25) is 11.8 Å². The predicted molar refractivity (Wildman–Crippen MR) is 112 cm³/mol. The van der Waals surface area contributed by atoms with E-state index in [1.54, 1.807) is 55.6 Å². The van der Waals surface area contributed by atoms with E-state index in [2.05, 4.69) is 11.4 Å². The Hall–Kier alpha value is -3.41. The Bertz CT molecular complexity index is 1110. The Morgan fingerprint density at radius 2 is 1.83 bits per heavy atom. The number of carbonyl (C=O) groups excluding carboxylic acids is 3. The van der Waals surface area contributed by atoms with Gasteiger partial charge in [-0.1, -0.05) is 23.8 Å². The van der Waals surface area contributed by atoms with Crippen molar-refractivity contribution in [3.05, 3.63) is 65.7 Å². The van der Waals surface area contributed by atoms with Gasteiger partial charge in [0.25, 0.3) is 5.91 Å². The molecule has 3 amide bonds. The average Bonchev–Trinajstić information content (AvgIpc) is 3.38. The molecule has 3 aliphatic rings. The zero-order valence-corrected chi connectivity index (χ0v) is 16.8. The molecule has 0 radical (unpaired) electrons. The molecule has 2 aromatic rings. The van der Waals surface area contributed by atoms with Crippen molar-refractivity contribution >= 4 is 29.1 Å². The van der Waals surface area contributed by atoms with E-state index in [-0.39, 0.29) is 41.4 Å². The second-order valence-corrected chi connectivity index (χ2v) is 8.22. The Kier molecular flexibility index (Phi) is 4.24. The highest BCUT2D eigenvalue weighted by Crippen LogP contribution is 2.55. The number of allylic oxidation sites excluding steroid dienone is 2. The predicted octanol–water partition coefficient (Wildman–Crippen LogP) is 3.65. The van der Waals surface area contributed by atoms with E-state index in [0.717, 1.165) is 6.42 Å². The third-order valence-electron chi connectivity index (χ3n) is 6.57. The highest BCUT2D eigenvalue weighted by atomic mass is 16.5. The lowest BCUT2D eigenvalue weighted by Crippen LogP contribution is -2.33. The number of benzene rings is 2. The molecule has 0 spiro atoms. The Labute approximate surface area is 174 Å². The van der Waals surface area contributed by atoms with E-state index in [9.17, 15) is 14.4 Å². The van der Waals surface area contributed by atoms with Crippen molar-refractivity contribution in [3.8, 4) is 5.75 Å². The molecule has 6 heteroatoms. The fourth-order valence-corrected chi connectivity index (χ4v) is 5.22. The van der Waals surface area contributed by atoms with Gasteiger partial charge in [-0.3, -0.25) is 14.4 Å². The van der Waals surface area contributed by atoms with Crippen LogP contribution in [0, 0.1) is 23.7 Å². The molecule has 5 rings (SSSR count). The lowest BCUT2D eigenvalue weighted by atomic mass is 9.82. The van der Waals surface area contributed by atoms with Gasteiger partial charge in [0, 0.05) is 17.3 Å². The van der Waals surface area contributed by atoms with Gasteiger partial charge < -0.3 is 10.1 Å². The Morgan fingerprint density at radius 1 is 1.07 bits per heavy atom. The molecule has 0 unspecified atom stereocenters. The van der Waals surface area contributed by atoms with Crippen LogP contribution in [0.1, 0.15) is 23.7 Å². The molecule has 1 saturated heterocycles. The average molecular weight is 402 g/mol. The van der Waals surface area contributed by atoms with Crippen molar-refractivity contribution in [2.45, 2.75) is 13.3 Å². The second-order valence-electron chi connectivity index (χ2n) is 8.22. The molecule has 30 heavy (non-hydrogen) atoms. The third-order valence-corrected chi connectivity index (χ3v) is 6.57. The number of imide groups is 1. The van der Waals surface area contributed by atoms with Gasteiger partial charge in [0.15, 0.2) is 0 Å². The summed E-state index contributed by atoms with van der Waals surface area (Å²) >= 11 is 0. The van der Waals surface area contributed by atoms with E-state index in [4.69, 9.17) is 4.74 Å². The van der Waals surface area contributed by atoms with Crippen LogP contribution >= 0.6 is 0 Å². The van der Waals surface area contributed by atoms with E-state index >= 15 is 0 Å². The van der Waals surface area contributed by atoms with Crippen LogP contribution in [-0.2, 0) is 9.59 Å². The summed E-state index contributed by atoms with van der Waals surface area (Å²) in [6, 6.07) is 13.8. The minimum Gasteiger partial charge on any atom is -0.497 e. The van der Waals surface area contributed by atoms with Crippen molar-refractivity contribution in [2.75, 3.05) is 17.3 Å². The molecule has 1 aliphatic heterocycles. The number of nitrogens with one attached hydrogen (secondary N) is 1. The summed E-state index contributed by atoms with van der Waals surface area (Å²) in [7, 11) is 1.56. The maximum atomic E-state index is 13.1. The summed E-state index contributed by atoms with van der Waals surface area (Å²) in [5.41, 5.74) is 2.65. The summed E-state index contributed by atoms with van der Waals surface area (Å²) < 4.78 is 5.18. The first-order valence-electron chi connectivity index (χ1n) is 10.1. The highest BCUT2D eigenvalue weighted by molar-refractivity contribution is 6.23. The van der Waals surface area contributed by atoms with Gasteiger partial charge in [0.05, 0.1) is 24.6 Å². The Balaban J connectivity index is 1.40. The zero-order valence-electron chi connectivity index (χ0n) is 16.8. The van der Waals surface area contributed by atoms with Crippen LogP contribution in [0.4, 0.5) is 11.4 Å². The second kappa shape index (κ2) is 6.83. The summed E-state index contributed by atoms with van der Waals surface area (Å²) in [5.74, 6) is -0.173. The van der Waals surface area contributed by atoms with Crippen LogP contribution in [0.3, 0.4) is 0 Å². The number of rotatable bonds is 4. The molecule has 2 aliphatic carbocycles. The van der Waals surface area contributed by atoms with Gasteiger partial charge in [-0.25, -0.2) is 4.90 Å². The largest absolute Gasteiger partial charge is 0.497 e. The Morgan fingerprint density at radius 3 is 2.63 bits per heavy atom. The third kappa shape index (κ3) is 2.75. The fraction of sp³-hybridized carbons (Fsp3) is 0.292. The molecular formula is C24H22N2O4.